The Morgan fingerprint density at radius 3 is 2.67 bits per heavy atom. The molecular formula is C21H25N3O6. The Bertz CT molecular complexity index is 900. The predicted octanol–water partition coefficient (Wildman–Crippen LogP) is 0.784. The monoisotopic (exact) mass is 415 g/mol. The quantitative estimate of drug-likeness (QED) is 0.285. The average Bonchev–Trinajstić information content (AvgIpc) is 2.73. The smallest absolute Gasteiger partial charge is 0.248 e. The molecular weight excluding hydrogens is 390 g/mol. The summed E-state index contributed by atoms with van der Waals surface area (Å²) in [6.45, 7) is 1.26. The number of phenolic OH excluding ortho intramolecular Hbond substituents is 1. The van der Waals surface area contributed by atoms with Crippen molar-refractivity contribution in [2.75, 3.05) is 31.6 Å². The maximum Gasteiger partial charge on any atom is 0.248 e. The van der Waals surface area contributed by atoms with Crippen molar-refractivity contribution in [3.8, 4) is 17.2 Å². The fourth-order valence-electron chi connectivity index (χ4n) is 3.05. The number of aromatic hydroxyl groups is 1. The molecule has 1 aliphatic rings. The van der Waals surface area contributed by atoms with Gasteiger partial charge in [0.25, 0.3) is 0 Å². The zero-order chi connectivity index (χ0) is 21.5. The van der Waals surface area contributed by atoms with Gasteiger partial charge in [0, 0.05) is 30.6 Å². The summed E-state index contributed by atoms with van der Waals surface area (Å²) >= 11 is 0. The van der Waals surface area contributed by atoms with Crippen LogP contribution in [0.3, 0.4) is 0 Å². The van der Waals surface area contributed by atoms with Gasteiger partial charge in [0.05, 0.1) is 5.69 Å². The lowest BCUT2D eigenvalue weighted by Crippen LogP contribution is -2.33. The zero-order valence-electron chi connectivity index (χ0n) is 16.4. The molecule has 1 heterocycles. The van der Waals surface area contributed by atoms with Gasteiger partial charge in [-0.15, -0.1) is 0 Å². The van der Waals surface area contributed by atoms with Crippen LogP contribution in [0.5, 0.6) is 17.2 Å². The lowest BCUT2D eigenvalue weighted by molar-refractivity contribution is -0.116. The molecule has 2 aromatic rings. The highest BCUT2D eigenvalue weighted by Crippen LogP contribution is 2.38. The first-order chi connectivity index (χ1) is 14.4. The summed E-state index contributed by atoms with van der Waals surface area (Å²) in [6, 6.07) is 9.62. The van der Waals surface area contributed by atoms with Gasteiger partial charge in [-0.2, -0.15) is 0 Å². The molecule has 0 bridgehead atoms. The number of benzene rings is 2. The van der Waals surface area contributed by atoms with Crippen molar-refractivity contribution in [2.45, 2.75) is 18.9 Å². The van der Waals surface area contributed by atoms with E-state index >= 15 is 0 Å². The molecule has 0 aromatic heterocycles. The highest BCUT2D eigenvalue weighted by Gasteiger charge is 2.22. The molecule has 9 nitrogen and oxygen atoms in total. The number of primary amides is 1. The molecule has 1 aliphatic heterocycles. The number of rotatable bonds is 10. The number of amides is 2. The highest BCUT2D eigenvalue weighted by atomic mass is 16.5. The summed E-state index contributed by atoms with van der Waals surface area (Å²) in [4.78, 5) is 22.5. The van der Waals surface area contributed by atoms with Crippen LogP contribution in [-0.4, -0.2) is 54.4 Å². The molecule has 0 radical (unpaired) electrons. The Morgan fingerprint density at radius 2 is 1.93 bits per heavy atom. The van der Waals surface area contributed by atoms with E-state index in [0.29, 0.717) is 55.3 Å². The molecule has 0 spiro atoms. The van der Waals surface area contributed by atoms with E-state index in [2.05, 4.69) is 10.6 Å². The van der Waals surface area contributed by atoms with Gasteiger partial charge in [-0.3, -0.25) is 9.59 Å². The summed E-state index contributed by atoms with van der Waals surface area (Å²) in [5, 5.41) is 25.7. The summed E-state index contributed by atoms with van der Waals surface area (Å²) in [5.41, 5.74) is 6.71. The molecule has 2 aromatic carbocycles. The van der Waals surface area contributed by atoms with Gasteiger partial charge in [-0.05, 0) is 42.8 Å². The van der Waals surface area contributed by atoms with Crippen LogP contribution in [0.4, 0.5) is 5.69 Å². The lowest BCUT2D eigenvalue weighted by atomic mass is 10.0. The van der Waals surface area contributed by atoms with Crippen LogP contribution < -0.4 is 25.8 Å². The molecule has 0 saturated heterocycles. The van der Waals surface area contributed by atoms with Gasteiger partial charge < -0.3 is 36.1 Å². The number of nitrogens with one attached hydrogen (secondary N) is 2. The Morgan fingerprint density at radius 1 is 1.17 bits per heavy atom. The van der Waals surface area contributed by atoms with Crippen molar-refractivity contribution >= 4 is 17.5 Å². The second-order valence-corrected chi connectivity index (χ2v) is 6.89. The third-order valence-corrected chi connectivity index (χ3v) is 4.61. The molecule has 1 atom stereocenters. The third kappa shape index (κ3) is 5.62. The van der Waals surface area contributed by atoms with E-state index in [1.807, 2.05) is 0 Å². The van der Waals surface area contributed by atoms with Crippen LogP contribution >= 0.6 is 0 Å². The minimum atomic E-state index is -0.748. The topological polar surface area (TPSA) is 143 Å². The van der Waals surface area contributed by atoms with Gasteiger partial charge in [0.15, 0.2) is 0 Å². The number of aliphatic hydroxyl groups is 1. The minimum Gasteiger partial charge on any atom is -0.506 e. The highest BCUT2D eigenvalue weighted by molar-refractivity contribution is 5.96. The van der Waals surface area contributed by atoms with Crippen LogP contribution in [0.1, 0.15) is 22.3 Å². The average molecular weight is 415 g/mol. The molecule has 1 unspecified atom stereocenters. The first kappa shape index (κ1) is 21.4. The van der Waals surface area contributed by atoms with Gasteiger partial charge in [0.1, 0.15) is 36.6 Å². The van der Waals surface area contributed by atoms with Crippen LogP contribution in [0.15, 0.2) is 36.4 Å². The summed E-state index contributed by atoms with van der Waals surface area (Å²) in [7, 11) is 0. The van der Waals surface area contributed by atoms with E-state index in [4.69, 9.17) is 15.2 Å². The summed E-state index contributed by atoms with van der Waals surface area (Å²) in [5.74, 6) is 0.513. The molecule has 9 heteroatoms. The van der Waals surface area contributed by atoms with Crippen LogP contribution in [0.25, 0.3) is 0 Å². The van der Waals surface area contributed by atoms with E-state index in [-0.39, 0.29) is 18.3 Å². The van der Waals surface area contributed by atoms with Gasteiger partial charge in [-0.1, -0.05) is 0 Å². The molecule has 2 amide bonds. The number of carbonyl (C=O) groups excluding carboxylic acids is 2. The molecule has 0 fully saturated rings. The first-order valence-electron chi connectivity index (χ1n) is 9.63. The fraction of sp³-hybridized carbons (Fsp3) is 0.333. The minimum absolute atomic E-state index is 0.00289. The van der Waals surface area contributed by atoms with E-state index in [1.54, 1.807) is 30.3 Å². The number of phenols is 1. The Labute approximate surface area is 173 Å². The number of anilines is 1. The van der Waals surface area contributed by atoms with Crippen molar-refractivity contribution in [3.63, 3.8) is 0 Å². The van der Waals surface area contributed by atoms with E-state index in [9.17, 15) is 19.8 Å². The SMILES string of the molecule is NC(=O)c1ccc(OCCNCC(O)COc2ccc(O)c3c2CCC(=O)N3)cc1. The Balaban J connectivity index is 1.37. The van der Waals surface area contributed by atoms with Gasteiger partial charge >= 0.3 is 0 Å². The fourth-order valence-corrected chi connectivity index (χ4v) is 3.05. The molecule has 30 heavy (non-hydrogen) atoms. The van der Waals surface area contributed by atoms with Crippen molar-refractivity contribution in [3.05, 3.63) is 47.5 Å². The Kier molecular flexibility index (Phi) is 7.10. The maximum atomic E-state index is 11.5. The van der Waals surface area contributed by atoms with Crippen molar-refractivity contribution < 1.29 is 29.3 Å². The summed E-state index contributed by atoms with van der Waals surface area (Å²) < 4.78 is 11.2. The normalized spacial score (nSPS) is 13.8. The number of ether oxygens (including phenoxy) is 2. The molecule has 160 valence electrons. The number of hydrogen-bond donors (Lipinski definition) is 5. The summed E-state index contributed by atoms with van der Waals surface area (Å²) in [6.07, 6.45) is 0.0432. The van der Waals surface area contributed by atoms with E-state index in [1.165, 1.54) is 6.07 Å². The zero-order valence-corrected chi connectivity index (χ0v) is 16.4. The lowest BCUT2D eigenvalue weighted by Gasteiger charge is -2.22. The third-order valence-electron chi connectivity index (χ3n) is 4.61. The van der Waals surface area contributed by atoms with E-state index in [0.717, 1.165) is 5.56 Å². The van der Waals surface area contributed by atoms with Gasteiger partial charge in [-0.25, -0.2) is 0 Å². The largest absolute Gasteiger partial charge is 0.506 e. The van der Waals surface area contributed by atoms with Gasteiger partial charge in [0.2, 0.25) is 11.8 Å². The second kappa shape index (κ2) is 9.95. The number of carbonyl (C=O) groups is 2. The van der Waals surface area contributed by atoms with Crippen molar-refractivity contribution in [1.82, 2.24) is 5.32 Å². The van der Waals surface area contributed by atoms with Crippen LogP contribution in [0, 0.1) is 0 Å². The molecule has 0 saturated carbocycles. The first-order valence-corrected chi connectivity index (χ1v) is 9.63. The number of nitrogens with two attached hydrogens (primary N) is 1. The van der Waals surface area contributed by atoms with Crippen molar-refractivity contribution in [2.24, 2.45) is 5.73 Å². The van der Waals surface area contributed by atoms with Crippen LogP contribution in [0.2, 0.25) is 0 Å². The predicted molar refractivity (Wildman–Crippen MR) is 110 cm³/mol. The number of hydrogen-bond acceptors (Lipinski definition) is 7. The number of aliphatic hydroxyl groups excluding tert-OH is 1. The molecule has 0 aliphatic carbocycles. The number of fused-ring (bicyclic) bond motifs is 1. The molecule has 6 N–H and O–H groups in total. The second-order valence-electron chi connectivity index (χ2n) is 6.89. The van der Waals surface area contributed by atoms with E-state index < -0.39 is 12.0 Å². The molecule has 3 rings (SSSR count). The van der Waals surface area contributed by atoms with Crippen molar-refractivity contribution in [1.29, 1.82) is 0 Å². The standard InChI is InChI=1S/C21H25N3O6/c22-21(28)13-1-3-15(4-2-13)29-10-9-23-11-14(25)12-30-18-7-6-17(26)20-16(18)5-8-19(27)24-20/h1-4,6-7,14,23,25-26H,5,8-12H2,(H2,22,28)(H,24,27). The van der Waals surface area contributed by atoms with Crippen LogP contribution in [-0.2, 0) is 11.2 Å². The maximum absolute atomic E-state index is 11.5. The Hall–Kier alpha value is -3.30.